The summed E-state index contributed by atoms with van der Waals surface area (Å²) in [6.07, 6.45) is 6.95. The van der Waals surface area contributed by atoms with Gasteiger partial charge in [0.05, 0.1) is 6.10 Å². The van der Waals surface area contributed by atoms with Crippen molar-refractivity contribution in [3.05, 3.63) is 0 Å². The lowest BCUT2D eigenvalue weighted by molar-refractivity contribution is -0.146. The van der Waals surface area contributed by atoms with Crippen molar-refractivity contribution in [2.24, 2.45) is 5.41 Å². The number of piperidine rings is 2. The van der Waals surface area contributed by atoms with Crippen LogP contribution in [0.25, 0.3) is 0 Å². The van der Waals surface area contributed by atoms with Crippen molar-refractivity contribution in [2.45, 2.75) is 57.7 Å². The molecule has 0 aromatic rings. The molecule has 4 heteroatoms. The van der Waals surface area contributed by atoms with Crippen LogP contribution in [0.5, 0.6) is 0 Å². The number of nitrogens with one attached hydrogen (secondary N) is 1. The standard InChI is InChI=1S/C15H26N2O2/c1-12-4-5-13(19-12)14(18)17-9-3-7-15(11-17)6-2-8-16-10-15/h12-13,16H,2-11H2,1H3. The van der Waals surface area contributed by atoms with E-state index in [2.05, 4.69) is 17.1 Å². The van der Waals surface area contributed by atoms with Crippen molar-refractivity contribution in [2.75, 3.05) is 26.2 Å². The molecule has 3 saturated heterocycles. The minimum absolute atomic E-state index is 0.165. The van der Waals surface area contributed by atoms with Crippen LogP contribution in [0.3, 0.4) is 0 Å². The van der Waals surface area contributed by atoms with Gasteiger partial charge in [-0.3, -0.25) is 4.79 Å². The number of amides is 1. The first kappa shape index (κ1) is 13.4. The number of hydrogen-bond acceptors (Lipinski definition) is 3. The van der Waals surface area contributed by atoms with Crippen LogP contribution in [0.15, 0.2) is 0 Å². The maximum Gasteiger partial charge on any atom is 0.251 e. The quantitative estimate of drug-likeness (QED) is 0.783. The zero-order valence-corrected chi connectivity index (χ0v) is 12.0. The molecule has 3 rings (SSSR count). The minimum Gasteiger partial charge on any atom is -0.365 e. The predicted molar refractivity (Wildman–Crippen MR) is 73.9 cm³/mol. The van der Waals surface area contributed by atoms with Crippen LogP contribution < -0.4 is 5.32 Å². The van der Waals surface area contributed by atoms with Gasteiger partial charge in [0.25, 0.3) is 5.91 Å². The molecular weight excluding hydrogens is 240 g/mol. The van der Waals surface area contributed by atoms with Gasteiger partial charge in [-0.05, 0) is 52.0 Å². The summed E-state index contributed by atoms with van der Waals surface area (Å²) >= 11 is 0. The van der Waals surface area contributed by atoms with Gasteiger partial charge in [0.1, 0.15) is 6.10 Å². The van der Waals surface area contributed by atoms with Crippen molar-refractivity contribution in [3.8, 4) is 0 Å². The number of likely N-dealkylation sites (tertiary alicyclic amines) is 1. The van der Waals surface area contributed by atoms with Crippen LogP contribution >= 0.6 is 0 Å². The monoisotopic (exact) mass is 266 g/mol. The highest BCUT2D eigenvalue weighted by Crippen LogP contribution is 2.36. The third kappa shape index (κ3) is 2.79. The van der Waals surface area contributed by atoms with Crippen molar-refractivity contribution in [1.82, 2.24) is 10.2 Å². The molecule has 0 aromatic heterocycles. The second-order valence-corrected chi connectivity index (χ2v) is 6.66. The lowest BCUT2D eigenvalue weighted by Gasteiger charge is -2.45. The van der Waals surface area contributed by atoms with Crippen LogP contribution in [-0.4, -0.2) is 49.2 Å². The topological polar surface area (TPSA) is 41.6 Å². The molecule has 108 valence electrons. The average Bonchev–Trinajstić information content (AvgIpc) is 2.85. The van der Waals surface area contributed by atoms with Gasteiger partial charge >= 0.3 is 0 Å². The Morgan fingerprint density at radius 3 is 2.84 bits per heavy atom. The van der Waals surface area contributed by atoms with Crippen molar-refractivity contribution in [1.29, 1.82) is 0 Å². The number of hydrogen-bond donors (Lipinski definition) is 1. The Balaban J connectivity index is 1.62. The zero-order valence-electron chi connectivity index (χ0n) is 12.0. The Morgan fingerprint density at radius 1 is 1.32 bits per heavy atom. The molecule has 3 heterocycles. The van der Waals surface area contributed by atoms with E-state index in [1.165, 1.54) is 19.3 Å². The summed E-state index contributed by atoms with van der Waals surface area (Å²) in [5.41, 5.74) is 0.344. The summed E-state index contributed by atoms with van der Waals surface area (Å²) in [5, 5.41) is 3.51. The highest BCUT2D eigenvalue weighted by molar-refractivity contribution is 5.81. The molecule has 3 fully saturated rings. The zero-order chi connectivity index (χ0) is 13.3. The van der Waals surface area contributed by atoms with Gasteiger partial charge in [0, 0.05) is 25.0 Å². The third-order valence-corrected chi connectivity index (χ3v) is 5.04. The molecule has 0 aromatic carbocycles. The first-order valence-corrected chi connectivity index (χ1v) is 7.84. The molecule has 19 heavy (non-hydrogen) atoms. The average molecular weight is 266 g/mol. The molecule has 1 N–H and O–H groups in total. The van der Waals surface area contributed by atoms with E-state index in [1.807, 2.05) is 0 Å². The van der Waals surface area contributed by atoms with E-state index in [4.69, 9.17) is 4.74 Å². The van der Waals surface area contributed by atoms with Gasteiger partial charge in [-0.2, -0.15) is 0 Å². The number of rotatable bonds is 1. The largest absolute Gasteiger partial charge is 0.365 e. The van der Waals surface area contributed by atoms with Crippen LogP contribution in [0.4, 0.5) is 0 Å². The summed E-state index contributed by atoms with van der Waals surface area (Å²) in [7, 11) is 0. The van der Waals surface area contributed by atoms with E-state index in [0.717, 1.165) is 45.4 Å². The van der Waals surface area contributed by atoms with E-state index in [1.54, 1.807) is 0 Å². The normalized spacial score (nSPS) is 39.7. The number of carbonyl (C=O) groups excluding carboxylic acids is 1. The van der Waals surface area contributed by atoms with Crippen molar-refractivity contribution in [3.63, 3.8) is 0 Å². The molecule has 3 aliphatic rings. The summed E-state index contributed by atoms with van der Waals surface area (Å²) in [4.78, 5) is 14.6. The summed E-state index contributed by atoms with van der Waals surface area (Å²) in [6.45, 7) is 6.15. The molecule has 4 nitrogen and oxygen atoms in total. The van der Waals surface area contributed by atoms with Crippen LogP contribution in [0.1, 0.15) is 45.4 Å². The molecule has 0 bridgehead atoms. The number of ether oxygens (including phenoxy) is 1. The molecule has 3 unspecified atom stereocenters. The maximum absolute atomic E-state index is 12.6. The van der Waals surface area contributed by atoms with E-state index in [0.29, 0.717) is 5.41 Å². The van der Waals surface area contributed by atoms with Gasteiger partial charge in [-0.1, -0.05) is 0 Å². The Morgan fingerprint density at radius 2 is 2.16 bits per heavy atom. The Labute approximate surface area is 115 Å². The summed E-state index contributed by atoms with van der Waals surface area (Å²) < 4.78 is 5.75. The molecular formula is C15H26N2O2. The first-order valence-electron chi connectivity index (χ1n) is 7.84. The molecule has 0 aliphatic carbocycles. The van der Waals surface area contributed by atoms with Crippen molar-refractivity contribution >= 4 is 5.91 Å². The second-order valence-electron chi connectivity index (χ2n) is 6.66. The van der Waals surface area contributed by atoms with Gasteiger partial charge in [0.2, 0.25) is 0 Å². The van der Waals surface area contributed by atoms with Crippen LogP contribution in [0, 0.1) is 5.41 Å². The summed E-state index contributed by atoms with van der Waals surface area (Å²) in [5.74, 6) is 0.244. The van der Waals surface area contributed by atoms with E-state index in [9.17, 15) is 4.79 Å². The lowest BCUT2D eigenvalue weighted by Crippen LogP contribution is -2.54. The Kier molecular flexibility index (Phi) is 3.81. The molecule has 3 atom stereocenters. The van der Waals surface area contributed by atoms with Crippen molar-refractivity contribution < 1.29 is 9.53 Å². The third-order valence-electron chi connectivity index (χ3n) is 5.04. The highest BCUT2D eigenvalue weighted by Gasteiger charge is 2.40. The molecule has 1 amide bonds. The fourth-order valence-electron chi connectivity index (χ4n) is 3.96. The Bertz CT molecular complexity index is 334. The number of carbonyl (C=O) groups is 1. The molecule has 0 radical (unpaired) electrons. The number of nitrogens with zero attached hydrogens (tertiary/aromatic N) is 1. The van der Waals surface area contributed by atoms with Gasteiger partial charge in [0.15, 0.2) is 0 Å². The van der Waals surface area contributed by atoms with Gasteiger partial charge < -0.3 is 15.0 Å². The fourth-order valence-corrected chi connectivity index (χ4v) is 3.96. The van der Waals surface area contributed by atoms with E-state index < -0.39 is 0 Å². The SMILES string of the molecule is CC1CCC(C(=O)N2CCCC3(CCCNC3)C2)O1. The summed E-state index contributed by atoms with van der Waals surface area (Å²) in [6, 6.07) is 0. The van der Waals surface area contributed by atoms with E-state index >= 15 is 0 Å². The molecule has 3 aliphatic heterocycles. The Hall–Kier alpha value is -0.610. The minimum atomic E-state index is -0.165. The predicted octanol–water partition coefficient (Wildman–Crippen LogP) is 1.55. The van der Waals surface area contributed by atoms with E-state index in [-0.39, 0.29) is 18.1 Å². The van der Waals surface area contributed by atoms with Crippen LogP contribution in [0.2, 0.25) is 0 Å². The molecule has 0 saturated carbocycles. The smallest absolute Gasteiger partial charge is 0.251 e. The fraction of sp³-hybridized carbons (Fsp3) is 0.933. The van der Waals surface area contributed by atoms with Gasteiger partial charge in [-0.25, -0.2) is 0 Å². The van der Waals surface area contributed by atoms with Crippen LogP contribution in [-0.2, 0) is 9.53 Å². The van der Waals surface area contributed by atoms with Gasteiger partial charge in [-0.15, -0.1) is 0 Å². The first-order chi connectivity index (χ1) is 9.19. The maximum atomic E-state index is 12.6. The lowest BCUT2D eigenvalue weighted by atomic mass is 9.74. The highest BCUT2D eigenvalue weighted by atomic mass is 16.5. The molecule has 1 spiro atoms. The second kappa shape index (κ2) is 5.41.